The van der Waals surface area contributed by atoms with Crippen LogP contribution < -0.4 is 10.1 Å². The van der Waals surface area contributed by atoms with Crippen molar-refractivity contribution in [1.29, 1.82) is 0 Å². The van der Waals surface area contributed by atoms with Crippen LogP contribution in [0.3, 0.4) is 0 Å². The van der Waals surface area contributed by atoms with Crippen LogP contribution in [0.1, 0.15) is 41.2 Å². The van der Waals surface area contributed by atoms with Gasteiger partial charge in [0.15, 0.2) is 21.5 Å². The van der Waals surface area contributed by atoms with E-state index in [1.54, 1.807) is 66.7 Å². The minimum Gasteiger partial charge on any atom is -0.494 e. The number of hydrogen-bond acceptors (Lipinski definition) is 8. The van der Waals surface area contributed by atoms with Gasteiger partial charge in [0.05, 0.1) is 17.3 Å². The van der Waals surface area contributed by atoms with Gasteiger partial charge in [-0.05, 0) is 60.8 Å². The van der Waals surface area contributed by atoms with Crippen LogP contribution in [-0.4, -0.2) is 56.4 Å². The van der Waals surface area contributed by atoms with Gasteiger partial charge in [0.2, 0.25) is 5.90 Å². The third kappa shape index (κ3) is 8.03. The van der Waals surface area contributed by atoms with Crippen LogP contribution in [0.25, 0.3) is 10.4 Å². The Bertz CT molecular complexity index is 1890. The molecule has 0 bridgehead atoms. The molecule has 11 nitrogen and oxygen atoms in total. The first-order chi connectivity index (χ1) is 23.3. The van der Waals surface area contributed by atoms with E-state index in [9.17, 15) is 18.7 Å². The molecule has 12 heteroatoms. The van der Waals surface area contributed by atoms with Crippen molar-refractivity contribution in [3.8, 4) is 5.75 Å². The van der Waals surface area contributed by atoms with Gasteiger partial charge in [0.25, 0.3) is 5.91 Å². The number of carbonyl (C=O) groups is 1. The highest BCUT2D eigenvalue weighted by molar-refractivity contribution is 7.91. The standard InChI is InChI=1S/C36H37N5O6S/c1-26-12-14-27(15-13-26)20-22-38-35(43)36(21-25-48(44,45)30-8-3-2-4-9-30)33(31-10-5-6-11-32(31)40-41-37)47-34(39-36)28-16-18-29(19-17-28)46-24-7-23-42/h2-6,8-19,33,42H,7,20-25H2,1H3,(H,38,43)/t33-,36-/m1/s1. The van der Waals surface area contributed by atoms with E-state index in [1.165, 1.54) is 12.1 Å². The molecule has 4 aromatic rings. The van der Waals surface area contributed by atoms with E-state index < -0.39 is 33.1 Å². The number of aryl methyl sites for hydroxylation is 1. The number of carbonyl (C=O) groups excluding carboxylic acids is 1. The molecule has 0 unspecified atom stereocenters. The van der Waals surface area contributed by atoms with Crippen LogP contribution in [0.5, 0.6) is 5.75 Å². The summed E-state index contributed by atoms with van der Waals surface area (Å²) in [5.41, 5.74) is 10.9. The van der Waals surface area contributed by atoms with Gasteiger partial charge in [-0.1, -0.05) is 77.4 Å². The summed E-state index contributed by atoms with van der Waals surface area (Å²) in [4.78, 5) is 22.5. The number of ether oxygens (including phenoxy) is 2. The zero-order valence-corrected chi connectivity index (χ0v) is 27.3. The number of azide groups is 1. The molecule has 2 N–H and O–H groups in total. The van der Waals surface area contributed by atoms with Gasteiger partial charge in [-0.15, -0.1) is 0 Å². The number of rotatable bonds is 15. The molecule has 1 amide bonds. The number of amides is 1. The summed E-state index contributed by atoms with van der Waals surface area (Å²) in [5.74, 6) is -0.216. The second-order valence-corrected chi connectivity index (χ2v) is 13.5. The number of nitrogens with zero attached hydrogens (tertiary/aromatic N) is 4. The highest BCUT2D eigenvalue weighted by atomic mass is 32.2. The zero-order valence-electron chi connectivity index (χ0n) is 26.5. The van der Waals surface area contributed by atoms with E-state index in [2.05, 4.69) is 15.3 Å². The largest absolute Gasteiger partial charge is 0.494 e. The molecule has 0 fully saturated rings. The molecule has 0 saturated heterocycles. The molecule has 2 atom stereocenters. The maximum atomic E-state index is 14.5. The Morgan fingerprint density at radius 2 is 1.73 bits per heavy atom. The number of hydrogen-bond donors (Lipinski definition) is 2. The van der Waals surface area contributed by atoms with Gasteiger partial charge in [-0.25, -0.2) is 13.4 Å². The fourth-order valence-corrected chi connectivity index (χ4v) is 6.85. The monoisotopic (exact) mass is 667 g/mol. The topological polar surface area (TPSA) is 163 Å². The van der Waals surface area contributed by atoms with Crippen molar-refractivity contribution in [3.05, 3.63) is 136 Å². The average Bonchev–Trinajstić information content (AvgIpc) is 3.50. The lowest BCUT2D eigenvalue weighted by atomic mass is 9.84. The first-order valence-electron chi connectivity index (χ1n) is 15.6. The van der Waals surface area contributed by atoms with Crippen LogP contribution in [0.4, 0.5) is 5.69 Å². The Kier molecular flexibility index (Phi) is 11.1. The van der Waals surface area contributed by atoms with Crippen LogP contribution in [0.2, 0.25) is 0 Å². The summed E-state index contributed by atoms with van der Waals surface area (Å²) in [6.45, 7) is 2.62. The fourth-order valence-electron chi connectivity index (χ4n) is 5.46. The van der Waals surface area contributed by atoms with E-state index in [1.807, 2.05) is 31.2 Å². The SMILES string of the molecule is Cc1ccc(CCNC(=O)[C@]2(CCS(=O)(=O)c3ccccc3)N=C(c3ccc(OCCCO)cc3)O[C@@H]2c2ccccc2N=[N+]=[N-])cc1. The van der Waals surface area contributed by atoms with Gasteiger partial charge >= 0.3 is 0 Å². The molecule has 0 aromatic heterocycles. The lowest BCUT2D eigenvalue weighted by Gasteiger charge is -2.31. The van der Waals surface area contributed by atoms with Gasteiger partial charge in [-0.3, -0.25) is 4.79 Å². The highest BCUT2D eigenvalue weighted by Gasteiger charge is 2.54. The molecule has 1 aliphatic rings. The molecule has 5 rings (SSSR count). The van der Waals surface area contributed by atoms with Gasteiger partial charge in [-0.2, -0.15) is 0 Å². The number of aliphatic hydroxyl groups is 1. The summed E-state index contributed by atoms with van der Waals surface area (Å²) in [7, 11) is -3.83. The summed E-state index contributed by atoms with van der Waals surface area (Å²) >= 11 is 0. The lowest BCUT2D eigenvalue weighted by molar-refractivity contribution is -0.129. The summed E-state index contributed by atoms with van der Waals surface area (Å²) < 4.78 is 39.3. The minimum absolute atomic E-state index is 0.0105. The molecular weight excluding hydrogens is 630 g/mol. The molecule has 0 saturated carbocycles. The predicted molar refractivity (Wildman–Crippen MR) is 183 cm³/mol. The second kappa shape index (κ2) is 15.6. The van der Waals surface area contributed by atoms with E-state index >= 15 is 0 Å². The number of benzene rings is 4. The predicted octanol–water partition coefficient (Wildman–Crippen LogP) is 6.18. The van der Waals surface area contributed by atoms with Crippen LogP contribution in [0, 0.1) is 6.92 Å². The lowest BCUT2D eigenvalue weighted by Crippen LogP contribution is -2.49. The molecule has 0 spiro atoms. The van der Waals surface area contributed by atoms with Crippen LogP contribution in [-0.2, 0) is 25.8 Å². The number of nitrogens with one attached hydrogen (secondary N) is 1. The normalized spacial score (nSPS) is 17.1. The average molecular weight is 668 g/mol. The quantitative estimate of drug-likeness (QED) is 0.0666. The van der Waals surface area contributed by atoms with E-state index in [0.29, 0.717) is 36.3 Å². The highest BCUT2D eigenvalue weighted by Crippen LogP contribution is 2.46. The van der Waals surface area contributed by atoms with Gasteiger partial charge in [0, 0.05) is 47.7 Å². The van der Waals surface area contributed by atoms with Crippen molar-refractivity contribution in [2.45, 2.75) is 42.7 Å². The number of sulfone groups is 1. The summed E-state index contributed by atoms with van der Waals surface area (Å²) in [6.07, 6.45) is -0.321. The van der Waals surface area contributed by atoms with E-state index in [4.69, 9.17) is 19.6 Å². The molecule has 0 radical (unpaired) electrons. The molecule has 4 aromatic carbocycles. The van der Waals surface area contributed by atoms with E-state index in [0.717, 1.165) is 11.1 Å². The number of aliphatic hydroxyl groups excluding tert-OH is 1. The molecule has 0 aliphatic carbocycles. The first kappa shape index (κ1) is 34.2. The molecule has 248 valence electrons. The summed E-state index contributed by atoms with van der Waals surface area (Å²) in [6, 6.07) is 29.7. The summed E-state index contributed by atoms with van der Waals surface area (Å²) in [5, 5.41) is 15.9. The van der Waals surface area contributed by atoms with Crippen molar-refractivity contribution < 1.29 is 27.8 Å². The zero-order chi connectivity index (χ0) is 34.0. The second-order valence-electron chi connectivity index (χ2n) is 11.4. The van der Waals surface area contributed by atoms with Gasteiger partial charge < -0.3 is 19.9 Å². The fraction of sp³-hybridized carbons (Fsp3) is 0.278. The van der Waals surface area contributed by atoms with Crippen molar-refractivity contribution in [3.63, 3.8) is 0 Å². The maximum absolute atomic E-state index is 14.5. The third-order valence-corrected chi connectivity index (χ3v) is 9.81. The van der Waals surface area contributed by atoms with Crippen molar-refractivity contribution in [1.82, 2.24) is 5.32 Å². The number of aliphatic imine (C=N–C) groups is 1. The molecule has 48 heavy (non-hydrogen) atoms. The van der Waals surface area contributed by atoms with Crippen LogP contribution in [0.15, 0.2) is 118 Å². The van der Waals surface area contributed by atoms with Gasteiger partial charge in [0.1, 0.15) is 5.75 Å². The van der Waals surface area contributed by atoms with Crippen molar-refractivity contribution in [2.75, 3.05) is 25.5 Å². The Hall–Kier alpha value is -5.16. The Morgan fingerprint density at radius 3 is 2.44 bits per heavy atom. The smallest absolute Gasteiger partial charge is 0.252 e. The van der Waals surface area contributed by atoms with E-state index in [-0.39, 0.29) is 36.1 Å². The third-order valence-electron chi connectivity index (χ3n) is 8.08. The maximum Gasteiger partial charge on any atom is 0.252 e. The van der Waals surface area contributed by atoms with Crippen LogP contribution >= 0.6 is 0 Å². The van der Waals surface area contributed by atoms with Crippen molar-refractivity contribution >= 4 is 27.3 Å². The Balaban J connectivity index is 1.56. The Morgan fingerprint density at radius 1 is 1.02 bits per heavy atom. The van der Waals surface area contributed by atoms with Crippen molar-refractivity contribution in [2.24, 2.45) is 10.1 Å². The molecule has 1 aliphatic heterocycles. The minimum atomic E-state index is -3.83. The Labute approximate surface area is 279 Å². The molecule has 1 heterocycles. The molecular formula is C36H37N5O6S. The first-order valence-corrected chi connectivity index (χ1v) is 17.3.